The molecule has 0 bridgehead atoms. The van der Waals surface area contributed by atoms with Crippen LogP contribution in [-0.4, -0.2) is 67.7 Å². The molecule has 2 N–H and O–H groups in total. The van der Waals surface area contributed by atoms with Gasteiger partial charge < -0.3 is 20.3 Å². The molecule has 0 radical (unpaired) electrons. The molecule has 2 aliphatic heterocycles. The average Bonchev–Trinajstić information content (AvgIpc) is 3.05. The van der Waals surface area contributed by atoms with E-state index < -0.39 is 6.17 Å². The van der Waals surface area contributed by atoms with Gasteiger partial charge in [0.15, 0.2) is 5.11 Å². The highest BCUT2D eigenvalue weighted by atomic mass is 35.5. The van der Waals surface area contributed by atoms with Crippen molar-refractivity contribution in [3.8, 4) is 0 Å². The number of nitrogens with one attached hydrogen (secondary N) is 2. The topological polar surface area (TPSA) is 69.2 Å². The number of carbonyl (C=O) groups is 1. The van der Waals surface area contributed by atoms with E-state index in [1.165, 1.54) is 0 Å². The van der Waals surface area contributed by atoms with Crippen LogP contribution in [-0.2, 0) is 9.53 Å². The Morgan fingerprint density at radius 3 is 2.54 bits per heavy atom. The molecule has 0 aliphatic carbocycles. The number of rotatable bonds is 6. The van der Waals surface area contributed by atoms with Gasteiger partial charge in [-0.25, -0.2) is 4.99 Å². The van der Waals surface area contributed by atoms with Crippen LogP contribution in [0.1, 0.15) is 22.7 Å². The van der Waals surface area contributed by atoms with Crippen LogP contribution in [0.5, 0.6) is 0 Å². The van der Waals surface area contributed by atoms with Gasteiger partial charge in [-0.2, -0.15) is 0 Å². The van der Waals surface area contributed by atoms with Crippen molar-refractivity contribution in [3.63, 3.8) is 0 Å². The smallest absolute Gasteiger partial charge is 0.272 e. The number of thiocarbonyl (C=S) groups is 1. The standard InChI is InChI=1S/C29H29Cl2N5O2S/c1-35-24-12-11-20(30)17-22(24)26(19-7-3-2-4-8-19)33-27(28(35)37)34-29(39)32-18-25(36-13-15-38-16-14-36)21-9-5-6-10-23(21)31/h2-12,17,25,27H,13-16,18H2,1H3,(H2,32,34,39). The second-order valence-corrected chi connectivity index (χ2v) is 10.6. The Balaban J connectivity index is 1.39. The Hall–Kier alpha value is -3.01. The van der Waals surface area contributed by atoms with E-state index in [9.17, 15) is 4.79 Å². The second-order valence-electron chi connectivity index (χ2n) is 9.35. The number of benzodiazepines with no additional fused rings is 1. The number of carbonyl (C=O) groups excluding carboxylic acids is 1. The SMILES string of the molecule is CN1C(=O)C(NC(=S)NCC(c2ccccc2Cl)N2CCOCC2)N=C(c2ccccc2)c2cc(Cl)ccc21. The summed E-state index contributed by atoms with van der Waals surface area (Å²) in [6, 6.07) is 23.0. The summed E-state index contributed by atoms with van der Waals surface area (Å²) < 4.78 is 5.56. The lowest BCUT2D eigenvalue weighted by Gasteiger charge is -2.35. The molecule has 3 aromatic carbocycles. The lowest BCUT2D eigenvalue weighted by atomic mass is 10.0. The minimum Gasteiger partial charge on any atom is -0.379 e. The van der Waals surface area contributed by atoms with Crippen LogP contribution in [0.2, 0.25) is 10.0 Å². The molecule has 2 heterocycles. The van der Waals surface area contributed by atoms with Crippen molar-refractivity contribution in [2.24, 2.45) is 4.99 Å². The van der Waals surface area contributed by atoms with E-state index in [2.05, 4.69) is 15.5 Å². The highest BCUT2D eigenvalue weighted by molar-refractivity contribution is 7.80. The van der Waals surface area contributed by atoms with Crippen molar-refractivity contribution >= 4 is 57.8 Å². The first-order valence-electron chi connectivity index (χ1n) is 12.7. The van der Waals surface area contributed by atoms with Crippen LogP contribution >= 0.6 is 35.4 Å². The minimum atomic E-state index is -0.932. The van der Waals surface area contributed by atoms with Crippen molar-refractivity contribution in [3.05, 3.63) is 99.5 Å². The van der Waals surface area contributed by atoms with Gasteiger partial charge in [-0.1, -0.05) is 71.7 Å². The molecule has 2 aliphatic rings. The fraction of sp³-hybridized carbons (Fsp3) is 0.276. The van der Waals surface area contributed by atoms with Crippen LogP contribution < -0.4 is 15.5 Å². The fourth-order valence-electron chi connectivity index (χ4n) is 4.90. The quantitative estimate of drug-likeness (QED) is 0.412. The van der Waals surface area contributed by atoms with Crippen LogP contribution in [0.3, 0.4) is 0 Å². The van der Waals surface area contributed by atoms with Crippen molar-refractivity contribution in [1.29, 1.82) is 0 Å². The fourth-order valence-corrected chi connectivity index (χ4v) is 5.53. The molecule has 39 heavy (non-hydrogen) atoms. The van der Waals surface area contributed by atoms with Crippen molar-refractivity contribution in [2.45, 2.75) is 12.2 Å². The summed E-state index contributed by atoms with van der Waals surface area (Å²) in [7, 11) is 1.73. The molecule has 1 amide bonds. The van der Waals surface area contributed by atoms with E-state index in [-0.39, 0.29) is 11.9 Å². The number of anilines is 1. The Morgan fingerprint density at radius 1 is 1.08 bits per heavy atom. The number of fused-ring (bicyclic) bond motifs is 1. The highest BCUT2D eigenvalue weighted by Crippen LogP contribution is 2.30. The van der Waals surface area contributed by atoms with Crippen LogP contribution in [0, 0.1) is 0 Å². The van der Waals surface area contributed by atoms with Gasteiger partial charge >= 0.3 is 0 Å². The molecule has 3 aromatic rings. The maximum absolute atomic E-state index is 13.6. The largest absolute Gasteiger partial charge is 0.379 e. The van der Waals surface area contributed by atoms with Gasteiger partial charge in [-0.3, -0.25) is 9.69 Å². The third kappa shape index (κ3) is 6.26. The van der Waals surface area contributed by atoms with E-state index in [1.54, 1.807) is 18.0 Å². The number of amides is 1. The lowest BCUT2D eigenvalue weighted by molar-refractivity contribution is -0.119. The molecule has 7 nitrogen and oxygen atoms in total. The van der Waals surface area contributed by atoms with Gasteiger partial charge in [-0.05, 0) is 42.0 Å². The molecule has 1 fully saturated rings. The van der Waals surface area contributed by atoms with Gasteiger partial charge in [0, 0.05) is 47.9 Å². The zero-order valence-corrected chi connectivity index (χ0v) is 23.8. The third-order valence-electron chi connectivity index (χ3n) is 6.92. The summed E-state index contributed by atoms with van der Waals surface area (Å²) in [6.07, 6.45) is -0.932. The van der Waals surface area contributed by atoms with Gasteiger partial charge in [0.05, 0.1) is 30.7 Å². The number of aliphatic imine (C=N–C) groups is 1. The predicted molar refractivity (Wildman–Crippen MR) is 161 cm³/mol. The molecular weight excluding hydrogens is 553 g/mol. The second kappa shape index (κ2) is 12.4. The molecule has 0 aromatic heterocycles. The van der Waals surface area contributed by atoms with E-state index in [4.69, 9.17) is 45.1 Å². The zero-order valence-electron chi connectivity index (χ0n) is 21.4. The molecule has 2 unspecified atom stereocenters. The van der Waals surface area contributed by atoms with Gasteiger partial charge in [-0.15, -0.1) is 0 Å². The first-order valence-corrected chi connectivity index (χ1v) is 13.9. The summed E-state index contributed by atoms with van der Waals surface area (Å²) in [4.78, 5) is 22.3. The lowest BCUT2D eigenvalue weighted by Crippen LogP contribution is -2.51. The number of ether oxygens (including phenoxy) is 1. The highest BCUT2D eigenvalue weighted by Gasteiger charge is 2.31. The monoisotopic (exact) mass is 581 g/mol. The Kier molecular flexibility index (Phi) is 8.79. The van der Waals surface area contributed by atoms with E-state index >= 15 is 0 Å². The summed E-state index contributed by atoms with van der Waals surface area (Å²) in [5, 5.41) is 8.05. The molecule has 0 saturated carbocycles. The number of hydrogen-bond donors (Lipinski definition) is 2. The number of likely N-dealkylation sites (N-methyl/N-ethyl adjacent to an activating group) is 1. The first kappa shape index (κ1) is 27.6. The molecule has 5 rings (SSSR count). The maximum atomic E-state index is 13.6. The van der Waals surface area contributed by atoms with Crippen molar-refractivity contribution in [1.82, 2.24) is 15.5 Å². The van der Waals surface area contributed by atoms with Crippen LogP contribution in [0.15, 0.2) is 77.8 Å². The number of halogens is 2. The third-order valence-corrected chi connectivity index (χ3v) is 7.76. The Bertz CT molecular complexity index is 1380. The van der Waals surface area contributed by atoms with Gasteiger partial charge in [0.25, 0.3) is 5.91 Å². The van der Waals surface area contributed by atoms with Gasteiger partial charge in [0.2, 0.25) is 6.17 Å². The van der Waals surface area contributed by atoms with Crippen molar-refractivity contribution < 1.29 is 9.53 Å². The normalized spacial score (nSPS) is 18.5. The molecule has 202 valence electrons. The molecule has 1 saturated heterocycles. The summed E-state index contributed by atoms with van der Waals surface area (Å²) in [5.41, 5.74) is 4.05. The van der Waals surface area contributed by atoms with E-state index in [0.29, 0.717) is 40.6 Å². The van der Waals surface area contributed by atoms with E-state index in [0.717, 1.165) is 35.5 Å². The molecule has 2 atom stereocenters. The average molecular weight is 583 g/mol. The molecular formula is C29H29Cl2N5O2S. The summed E-state index contributed by atoms with van der Waals surface area (Å²) in [6.45, 7) is 3.39. The number of nitrogens with zero attached hydrogens (tertiary/aromatic N) is 3. The molecule has 10 heteroatoms. The molecule has 0 spiro atoms. The predicted octanol–water partition coefficient (Wildman–Crippen LogP) is 4.67. The van der Waals surface area contributed by atoms with Gasteiger partial charge in [0.1, 0.15) is 0 Å². The maximum Gasteiger partial charge on any atom is 0.272 e. The number of morpholine rings is 1. The van der Waals surface area contributed by atoms with Crippen LogP contribution in [0.25, 0.3) is 0 Å². The first-order chi connectivity index (χ1) is 18.9. The summed E-state index contributed by atoms with van der Waals surface area (Å²) >= 11 is 18.6. The minimum absolute atomic E-state index is 0.0235. The number of hydrogen-bond acceptors (Lipinski definition) is 5. The van der Waals surface area contributed by atoms with Crippen molar-refractivity contribution in [2.75, 3.05) is 44.8 Å². The number of benzene rings is 3. The zero-order chi connectivity index (χ0) is 27.4. The van der Waals surface area contributed by atoms with E-state index in [1.807, 2.05) is 66.7 Å². The Morgan fingerprint density at radius 2 is 1.79 bits per heavy atom. The Labute approximate surface area is 243 Å². The van der Waals surface area contributed by atoms with Crippen LogP contribution in [0.4, 0.5) is 5.69 Å². The summed E-state index contributed by atoms with van der Waals surface area (Å²) in [5.74, 6) is -0.232.